The van der Waals surface area contributed by atoms with Crippen LogP contribution in [0, 0.1) is 0 Å². The number of benzene rings is 7. The zero-order valence-electron chi connectivity index (χ0n) is 32.8. The number of hydrogen-bond acceptors (Lipinski definition) is 2. The number of rotatable bonds is 7. The Bertz CT molecular complexity index is 2410. The topological polar surface area (TPSA) is 3.24 Å². The summed E-state index contributed by atoms with van der Waals surface area (Å²) >= 11 is 1.95. The number of nitrogens with zero attached hydrogens (tertiary/aromatic N) is 1. The van der Waals surface area contributed by atoms with E-state index in [1.165, 1.54) is 80.7 Å². The van der Waals surface area contributed by atoms with Crippen molar-refractivity contribution in [2.24, 2.45) is 0 Å². The van der Waals surface area contributed by atoms with Crippen LogP contribution in [0.2, 0.25) is 0 Å². The molecule has 0 bridgehead atoms. The third-order valence-corrected chi connectivity index (χ3v) is 18.1. The highest BCUT2D eigenvalue weighted by molar-refractivity contribution is 8.00. The first-order valence-electron chi connectivity index (χ1n) is 20.0. The minimum atomic E-state index is -2.71. The van der Waals surface area contributed by atoms with Gasteiger partial charge in [-0.25, -0.2) is 0 Å². The van der Waals surface area contributed by atoms with E-state index in [1.54, 1.807) is 0 Å². The average Bonchev–Trinajstić information content (AvgIpc) is 3.22. The fourth-order valence-electron chi connectivity index (χ4n) is 9.47. The molecule has 7 aromatic carbocycles. The van der Waals surface area contributed by atoms with Gasteiger partial charge >= 0.3 is 0 Å². The van der Waals surface area contributed by atoms with Crippen LogP contribution in [0.15, 0.2) is 174 Å². The van der Waals surface area contributed by atoms with Crippen LogP contribution in [-0.2, 0) is 0 Å². The quantitative estimate of drug-likeness (QED) is 0.150. The predicted molar refractivity (Wildman–Crippen MR) is 242 cm³/mol. The molecule has 9 rings (SSSR count). The molecule has 0 N–H and O–H groups in total. The minimum absolute atomic E-state index is 0.126. The molecule has 7 aromatic rings. The van der Waals surface area contributed by atoms with E-state index in [0.717, 1.165) is 0 Å². The summed E-state index contributed by atoms with van der Waals surface area (Å²) in [6.45, 7) is 14.3. The lowest BCUT2D eigenvalue weighted by molar-refractivity contribution is 0.812. The average molecular weight is 746 g/mol. The molecule has 2 aliphatic rings. The maximum absolute atomic E-state index is 2.71. The monoisotopic (exact) mass is 745 g/mol. The van der Waals surface area contributed by atoms with Gasteiger partial charge in [0.15, 0.2) is 8.07 Å². The molecule has 0 aliphatic carbocycles. The zero-order valence-corrected chi connectivity index (χ0v) is 34.6. The van der Waals surface area contributed by atoms with E-state index in [4.69, 9.17) is 0 Å². The molecule has 0 saturated carbocycles. The predicted octanol–water partition coefficient (Wildman–Crippen LogP) is 9.20. The maximum Gasteiger partial charge on any atom is 0.244 e. The van der Waals surface area contributed by atoms with Crippen LogP contribution in [0.1, 0.15) is 76.0 Å². The van der Waals surface area contributed by atoms with E-state index < -0.39 is 8.07 Å². The Balaban J connectivity index is 1.34. The van der Waals surface area contributed by atoms with E-state index in [2.05, 4.69) is 210 Å². The molecule has 55 heavy (non-hydrogen) atoms. The van der Waals surface area contributed by atoms with E-state index >= 15 is 0 Å². The van der Waals surface area contributed by atoms with Crippen molar-refractivity contribution in [1.29, 1.82) is 0 Å². The van der Waals surface area contributed by atoms with Gasteiger partial charge in [-0.05, 0) is 79.5 Å². The maximum atomic E-state index is 2.60. The molecule has 0 radical (unpaired) electrons. The first kappa shape index (κ1) is 35.7. The van der Waals surface area contributed by atoms with Gasteiger partial charge < -0.3 is 4.90 Å². The summed E-state index contributed by atoms with van der Waals surface area (Å²) in [7, 11) is -2.71. The Kier molecular flexibility index (Phi) is 9.23. The number of hydrogen-bond donors (Lipinski definition) is 0. The van der Waals surface area contributed by atoms with Crippen molar-refractivity contribution in [3.8, 4) is 0 Å². The molecule has 0 unspecified atom stereocenters. The fourth-order valence-corrected chi connectivity index (χ4v) is 15.8. The minimum Gasteiger partial charge on any atom is -0.310 e. The van der Waals surface area contributed by atoms with Crippen molar-refractivity contribution in [3.63, 3.8) is 0 Å². The van der Waals surface area contributed by atoms with Gasteiger partial charge in [0.2, 0.25) is 6.71 Å². The Morgan fingerprint density at radius 3 is 1.49 bits per heavy atom. The van der Waals surface area contributed by atoms with E-state index in [0.29, 0.717) is 17.8 Å². The van der Waals surface area contributed by atoms with E-state index in [-0.39, 0.29) is 6.71 Å². The van der Waals surface area contributed by atoms with Gasteiger partial charge in [0.1, 0.15) is 0 Å². The van der Waals surface area contributed by atoms with Gasteiger partial charge in [0, 0.05) is 21.2 Å². The van der Waals surface area contributed by atoms with Gasteiger partial charge in [0.25, 0.3) is 0 Å². The van der Waals surface area contributed by atoms with Crippen molar-refractivity contribution < 1.29 is 0 Å². The molecule has 0 spiro atoms. The molecule has 0 aromatic heterocycles. The Morgan fingerprint density at radius 2 is 0.945 bits per heavy atom. The Morgan fingerprint density at radius 1 is 0.473 bits per heavy atom. The molecular weight excluding hydrogens is 698 g/mol. The summed E-state index contributed by atoms with van der Waals surface area (Å²) < 4.78 is 0. The molecular formula is C51H48BNSSi. The summed E-state index contributed by atoms with van der Waals surface area (Å²) in [5, 5.41) is 5.67. The highest BCUT2D eigenvalue weighted by Gasteiger charge is 2.49. The molecule has 0 amide bonds. The fraction of sp³-hybridized carbons (Fsp3) is 0.176. The van der Waals surface area contributed by atoms with Crippen molar-refractivity contribution >= 4 is 80.7 Å². The van der Waals surface area contributed by atoms with Gasteiger partial charge in [-0.15, -0.1) is 0 Å². The molecule has 0 atom stereocenters. The van der Waals surface area contributed by atoms with Crippen molar-refractivity contribution in [3.05, 3.63) is 180 Å². The van der Waals surface area contributed by atoms with Crippen molar-refractivity contribution in [1.82, 2.24) is 0 Å². The summed E-state index contributed by atoms with van der Waals surface area (Å²) in [6, 6.07) is 62.6. The van der Waals surface area contributed by atoms with Crippen LogP contribution >= 0.6 is 11.8 Å². The Labute approximate surface area is 333 Å². The summed E-state index contributed by atoms with van der Waals surface area (Å²) in [5.74, 6) is 1.27. The number of anilines is 3. The molecule has 0 saturated heterocycles. The normalized spacial score (nSPS) is 14.1. The number of fused-ring (bicyclic) bond motifs is 4. The molecule has 270 valence electrons. The number of para-hydroxylation sites is 2. The second-order valence-corrected chi connectivity index (χ2v) is 21.0. The zero-order chi connectivity index (χ0) is 37.8. The first-order chi connectivity index (χ1) is 26.8. The lowest BCUT2D eigenvalue weighted by atomic mass is 9.34. The summed E-state index contributed by atoms with van der Waals surface area (Å²) in [6.07, 6.45) is 0. The van der Waals surface area contributed by atoms with Gasteiger partial charge in [-0.2, -0.15) is 0 Å². The molecule has 2 heterocycles. The highest BCUT2D eigenvalue weighted by atomic mass is 32.2. The van der Waals surface area contributed by atoms with E-state index in [9.17, 15) is 0 Å². The summed E-state index contributed by atoms with van der Waals surface area (Å²) in [4.78, 5) is 5.30. The largest absolute Gasteiger partial charge is 0.310 e. The smallest absolute Gasteiger partial charge is 0.244 e. The second-order valence-electron chi connectivity index (χ2n) is 16.2. The van der Waals surface area contributed by atoms with E-state index in [1.807, 2.05) is 11.8 Å². The molecule has 4 heteroatoms. The first-order valence-corrected chi connectivity index (χ1v) is 22.8. The van der Waals surface area contributed by atoms with Crippen LogP contribution in [0.5, 0.6) is 0 Å². The summed E-state index contributed by atoms with van der Waals surface area (Å²) in [5.41, 5.74) is 12.5. The lowest BCUT2D eigenvalue weighted by Crippen LogP contribution is -2.77. The third kappa shape index (κ3) is 5.68. The molecule has 1 nitrogen and oxygen atoms in total. The van der Waals surface area contributed by atoms with Gasteiger partial charge in [-0.3, -0.25) is 0 Å². The lowest BCUT2D eigenvalue weighted by Gasteiger charge is -2.45. The second kappa shape index (κ2) is 14.2. The van der Waals surface area contributed by atoms with Crippen LogP contribution < -0.4 is 42.0 Å². The van der Waals surface area contributed by atoms with Crippen LogP contribution in [0.3, 0.4) is 0 Å². The standard InChI is InChI=1S/C51H48BNSSi/c1-34(2)37-32-40(35(3)4)50(41(33-37)36(5)6)52-42-24-13-16-29-47(42)54-51-43(52)25-19-28-46(51)53-44-26-14-17-30-48(44)55(38-20-9-7-10-21-38,39-22-11-8-12-23-39)49-31-18-15-27-45(49)53/h7-36H,1-6H3. The van der Waals surface area contributed by atoms with Crippen molar-refractivity contribution in [2.45, 2.75) is 69.1 Å². The van der Waals surface area contributed by atoms with Gasteiger partial charge in [0.05, 0.1) is 5.69 Å². The van der Waals surface area contributed by atoms with Crippen LogP contribution in [-0.4, -0.2) is 14.8 Å². The Hall–Kier alpha value is -5.03. The van der Waals surface area contributed by atoms with Crippen LogP contribution in [0.4, 0.5) is 17.1 Å². The SMILES string of the molecule is CC(C)c1cc(C(C)C)c(B2c3ccccc3Sc3c2cccc3N2c3ccccc3[Si](c3ccccc3)(c3ccccc3)c3ccccc32)c(C(C)C)c1. The molecule has 2 aliphatic heterocycles. The van der Waals surface area contributed by atoms with Crippen LogP contribution in [0.25, 0.3) is 0 Å². The molecule has 0 fully saturated rings. The van der Waals surface area contributed by atoms with Crippen molar-refractivity contribution in [2.75, 3.05) is 4.90 Å². The third-order valence-electron chi connectivity index (χ3n) is 12.0. The van der Waals surface area contributed by atoms with Gasteiger partial charge in [-0.1, -0.05) is 209 Å². The highest BCUT2D eigenvalue weighted by Crippen LogP contribution is 2.45.